The van der Waals surface area contributed by atoms with Gasteiger partial charge in [0.2, 0.25) is 0 Å². The van der Waals surface area contributed by atoms with E-state index in [1.54, 1.807) is 6.20 Å². The molecule has 0 bridgehead atoms. The van der Waals surface area contributed by atoms with Gasteiger partial charge in [-0.3, -0.25) is 4.98 Å². The van der Waals surface area contributed by atoms with E-state index in [2.05, 4.69) is 10.3 Å². The monoisotopic (exact) mass is 255 g/mol. The van der Waals surface area contributed by atoms with Crippen LogP contribution in [0.5, 0.6) is 0 Å². The standard InChI is InChI=1S/C16H21N3/c17-16-13-6-3-10-18-14(13)7-8-15(16)19-11-9-12-4-1-2-5-12/h3,6-8,10,12,19H,1-2,4-5,9,11,17H2. The zero-order valence-corrected chi connectivity index (χ0v) is 11.2. The van der Waals surface area contributed by atoms with Crippen molar-refractivity contribution in [2.24, 2.45) is 5.92 Å². The Labute approximate surface area is 114 Å². The second-order valence-corrected chi connectivity index (χ2v) is 5.46. The topological polar surface area (TPSA) is 50.9 Å². The Morgan fingerprint density at radius 2 is 2.05 bits per heavy atom. The van der Waals surface area contributed by atoms with Crippen molar-refractivity contribution in [2.45, 2.75) is 32.1 Å². The van der Waals surface area contributed by atoms with Gasteiger partial charge in [0, 0.05) is 18.1 Å². The molecule has 3 N–H and O–H groups in total. The lowest BCUT2D eigenvalue weighted by atomic mass is 10.0. The first-order chi connectivity index (χ1) is 9.34. The number of fused-ring (bicyclic) bond motifs is 1. The van der Waals surface area contributed by atoms with Crippen LogP contribution in [-0.2, 0) is 0 Å². The number of nitrogens with one attached hydrogen (secondary N) is 1. The molecule has 0 spiro atoms. The maximum absolute atomic E-state index is 6.21. The van der Waals surface area contributed by atoms with Gasteiger partial charge in [0.1, 0.15) is 0 Å². The summed E-state index contributed by atoms with van der Waals surface area (Å²) < 4.78 is 0. The Hall–Kier alpha value is -1.77. The molecule has 2 aromatic rings. The second-order valence-electron chi connectivity index (χ2n) is 5.46. The number of pyridine rings is 1. The molecule has 0 radical (unpaired) electrons. The Balaban J connectivity index is 1.68. The van der Waals surface area contributed by atoms with Crippen LogP contribution in [0, 0.1) is 5.92 Å². The van der Waals surface area contributed by atoms with E-state index in [4.69, 9.17) is 5.73 Å². The molecule has 1 aliphatic rings. The zero-order chi connectivity index (χ0) is 13.1. The third kappa shape index (κ3) is 2.65. The summed E-state index contributed by atoms with van der Waals surface area (Å²) in [6.45, 7) is 1.01. The number of nitrogens with two attached hydrogens (primary N) is 1. The highest BCUT2D eigenvalue weighted by Crippen LogP contribution is 2.29. The van der Waals surface area contributed by atoms with Crippen LogP contribution in [0.4, 0.5) is 11.4 Å². The van der Waals surface area contributed by atoms with Crippen molar-refractivity contribution in [1.29, 1.82) is 0 Å². The quantitative estimate of drug-likeness (QED) is 0.817. The summed E-state index contributed by atoms with van der Waals surface area (Å²) in [5.74, 6) is 0.913. The fourth-order valence-electron chi connectivity index (χ4n) is 3.04. The summed E-state index contributed by atoms with van der Waals surface area (Å²) in [4.78, 5) is 4.32. The van der Waals surface area contributed by atoms with Gasteiger partial charge in [-0.2, -0.15) is 0 Å². The predicted molar refractivity (Wildman–Crippen MR) is 81.2 cm³/mol. The van der Waals surface area contributed by atoms with Gasteiger partial charge in [-0.1, -0.05) is 25.7 Å². The van der Waals surface area contributed by atoms with E-state index in [1.165, 1.54) is 32.1 Å². The van der Waals surface area contributed by atoms with Crippen molar-refractivity contribution in [3.8, 4) is 0 Å². The summed E-state index contributed by atoms with van der Waals surface area (Å²) in [5, 5.41) is 4.51. The normalized spacial score (nSPS) is 16.0. The van der Waals surface area contributed by atoms with Gasteiger partial charge >= 0.3 is 0 Å². The summed E-state index contributed by atoms with van der Waals surface area (Å²) in [7, 11) is 0. The number of nitrogens with zero attached hydrogens (tertiary/aromatic N) is 1. The molecular formula is C16H21N3. The van der Waals surface area contributed by atoms with E-state index in [0.29, 0.717) is 0 Å². The van der Waals surface area contributed by atoms with Crippen LogP contribution in [-0.4, -0.2) is 11.5 Å². The van der Waals surface area contributed by atoms with Crippen LogP contribution < -0.4 is 11.1 Å². The Morgan fingerprint density at radius 1 is 1.21 bits per heavy atom. The van der Waals surface area contributed by atoms with E-state index < -0.39 is 0 Å². The summed E-state index contributed by atoms with van der Waals surface area (Å²) in [5.41, 5.74) is 9.03. The molecule has 3 nitrogen and oxygen atoms in total. The molecule has 0 aliphatic heterocycles. The van der Waals surface area contributed by atoms with Crippen molar-refractivity contribution < 1.29 is 0 Å². The van der Waals surface area contributed by atoms with Gasteiger partial charge in [0.15, 0.2) is 0 Å². The van der Waals surface area contributed by atoms with Crippen LogP contribution in [0.3, 0.4) is 0 Å². The summed E-state index contributed by atoms with van der Waals surface area (Å²) in [6, 6.07) is 8.03. The molecule has 0 saturated heterocycles. The lowest BCUT2D eigenvalue weighted by Gasteiger charge is -2.13. The molecule has 3 rings (SSSR count). The van der Waals surface area contributed by atoms with Crippen LogP contribution in [0.25, 0.3) is 10.9 Å². The van der Waals surface area contributed by atoms with Crippen LogP contribution >= 0.6 is 0 Å². The van der Waals surface area contributed by atoms with Gasteiger partial charge < -0.3 is 11.1 Å². The van der Waals surface area contributed by atoms with E-state index in [0.717, 1.165) is 34.7 Å². The molecule has 1 aromatic heterocycles. The molecule has 3 heteroatoms. The number of benzene rings is 1. The first-order valence-electron chi connectivity index (χ1n) is 7.21. The maximum Gasteiger partial charge on any atom is 0.0724 e. The minimum Gasteiger partial charge on any atom is -0.397 e. The second kappa shape index (κ2) is 5.47. The molecule has 1 aromatic carbocycles. The predicted octanol–water partition coefficient (Wildman–Crippen LogP) is 3.81. The maximum atomic E-state index is 6.21. The molecular weight excluding hydrogens is 234 g/mol. The molecule has 0 amide bonds. The molecule has 1 fully saturated rings. The summed E-state index contributed by atoms with van der Waals surface area (Å²) in [6.07, 6.45) is 8.68. The molecule has 1 heterocycles. The highest BCUT2D eigenvalue weighted by atomic mass is 14.9. The number of hydrogen-bond donors (Lipinski definition) is 2. The van der Waals surface area contributed by atoms with Gasteiger partial charge in [0.25, 0.3) is 0 Å². The lowest BCUT2D eigenvalue weighted by molar-refractivity contribution is 0.519. The van der Waals surface area contributed by atoms with E-state index in [9.17, 15) is 0 Å². The number of hydrogen-bond acceptors (Lipinski definition) is 3. The molecule has 0 atom stereocenters. The molecule has 100 valence electrons. The molecule has 19 heavy (non-hydrogen) atoms. The van der Waals surface area contributed by atoms with Crippen LogP contribution in [0.2, 0.25) is 0 Å². The first kappa shape index (κ1) is 12.3. The highest BCUT2D eigenvalue weighted by molar-refractivity contribution is 5.96. The van der Waals surface area contributed by atoms with E-state index in [-0.39, 0.29) is 0 Å². The van der Waals surface area contributed by atoms with Crippen molar-refractivity contribution in [3.63, 3.8) is 0 Å². The third-order valence-electron chi connectivity index (χ3n) is 4.17. The van der Waals surface area contributed by atoms with E-state index >= 15 is 0 Å². The Bertz CT molecular complexity index is 559. The average Bonchev–Trinajstić information content (AvgIpc) is 2.95. The molecule has 0 unspecified atom stereocenters. The third-order valence-corrected chi connectivity index (χ3v) is 4.17. The molecule has 1 saturated carbocycles. The SMILES string of the molecule is Nc1c(NCCC2CCCC2)ccc2ncccc12. The Morgan fingerprint density at radius 3 is 2.89 bits per heavy atom. The lowest BCUT2D eigenvalue weighted by Crippen LogP contribution is -2.08. The van der Waals surface area contributed by atoms with Gasteiger partial charge in [-0.05, 0) is 36.6 Å². The van der Waals surface area contributed by atoms with Crippen molar-refractivity contribution in [2.75, 3.05) is 17.6 Å². The summed E-state index contributed by atoms with van der Waals surface area (Å²) >= 11 is 0. The minimum absolute atomic E-state index is 0.817. The van der Waals surface area contributed by atoms with Crippen molar-refractivity contribution in [3.05, 3.63) is 30.5 Å². The number of aromatic nitrogens is 1. The Kier molecular flexibility index (Phi) is 3.53. The van der Waals surface area contributed by atoms with E-state index in [1.807, 2.05) is 24.3 Å². The largest absolute Gasteiger partial charge is 0.397 e. The van der Waals surface area contributed by atoms with Gasteiger partial charge in [0.05, 0.1) is 16.9 Å². The van der Waals surface area contributed by atoms with Gasteiger partial charge in [-0.25, -0.2) is 0 Å². The van der Waals surface area contributed by atoms with Crippen molar-refractivity contribution >= 4 is 22.3 Å². The number of nitrogen functional groups attached to an aromatic ring is 1. The fraction of sp³-hybridized carbons (Fsp3) is 0.438. The van der Waals surface area contributed by atoms with Crippen LogP contribution in [0.15, 0.2) is 30.5 Å². The minimum atomic E-state index is 0.817. The van der Waals surface area contributed by atoms with Gasteiger partial charge in [-0.15, -0.1) is 0 Å². The highest BCUT2D eigenvalue weighted by Gasteiger charge is 2.14. The fourth-order valence-corrected chi connectivity index (χ4v) is 3.04. The zero-order valence-electron chi connectivity index (χ0n) is 11.2. The number of anilines is 2. The first-order valence-corrected chi connectivity index (χ1v) is 7.21. The number of rotatable bonds is 4. The smallest absolute Gasteiger partial charge is 0.0724 e. The van der Waals surface area contributed by atoms with Crippen LogP contribution in [0.1, 0.15) is 32.1 Å². The average molecular weight is 255 g/mol. The molecule has 1 aliphatic carbocycles. The van der Waals surface area contributed by atoms with Crippen molar-refractivity contribution in [1.82, 2.24) is 4.98 Å².